The van der Waals surface area contributed by atoms with Gasteiger partial charge in [-0.2, -0.15) is 13.2 Å². The molecule has 4 rings (SSSR count). The molecule has 0 saturated heterocycles. The predicted molar refractivity (Wildman–Crippen MR) is 111 cm³/mol. The zero-order valence-corrected chi connectivity index (χ0v) is 16.2. The Labute approximate surface area is 169 Å². The number of rotatable bonds is 2. The van der Waals surface area contributed by atoms with Gasteiger partial charge in [-0.3, -0.25) is 0 Å². The van der Waals surface area contributed by atoms with Crippen LogP contribution in [0.15, 0.2) is 60.7 Å². The molecule has 0 atom stereocenters. The molecular formula is C26H21F3. The van der Waals surface area contributed by atoms with Gasteiger partial charge in [0, 0.05) is 11.1 Å². The molecule has 0 bridgehead atoms. The minimum absolute atomic E-state index is 0.574. The van der Waals surface area contributed by atoms with Gasteiger partial charge in [0.2, 0.25) is 0 Å². The van der Waals surface area contributed by atoms with Crippen molar-refractivity contribution in [3.05, 3.63) is 94.0 Å². The first-order valence-corrected chi connectivity index (χ1v) is 9.88. The first-order chi connectivity index (χ1) is 13.9. The van der Waals surface area contributed by atoms with Crippen molar-refractivity contribution in [2.45, 2.75) is 38.8 Å². The molecule has 0 aliphatic heterocycles. The summed E-state index contributed by atoms with van der Waals surface area (Å²) in [6.45, 7) is 2.20. The van der Waals surface area contributed by atoms with Gasteiger partial charge in [0.25, 0.3) is 0 Å². The van der Waals surface area contributed by atoms with E-state index in [0.29, 0.717) is 5.56 Å². The number of aryl methyl sites for hydroxylation is 3. The van der Waals surface area contributed by atoms with E-state index < -0.39 is 11.7 Å². The fourth-order valence-electron chi connectivity index (χ4n) is 3.86. The summed E-state index contributed by atoms with van der Waals surface area (Å²) in [6, 6.07) is 18.0. The fraction of sp³-hybridized carbons (Fsp3) is 0.231. The second-order valence-electron chi connectivity index (χ2n) is 7.44. The van der Waals surface area contributed by atoms with Crippen molar-refractivity contribution in [2.75, 3.05) is 0 Å². The molecular weight excluding hydrogens is 369 g/mol. The molecule has 0 fully saturated rings. The van der Waals surface area contributed by atoms with Crippen LogP contribution in [0, 0.1) is 11.8 Å². The summed E-state index contributed by atoms with van der Waals surface area (Å²) in [5.41, 5.74) is 7.44. The Morgan fingerprint density at radius 2 is 1.34 bits per heavy atom. The highest BCUT2D eigenvalue weighted by atomic mass is 19.4. The minimum Gasteiger partial charge on any atom is -0.166 e. The molecule has 0 radical (unpaired) electrons. The van der Waals surface area contributed by atoms with Gasteiger partial charge >= 0.3 is 6.18 Å². The van der Waals surface area contributed by atoms with E-state index in [-0.39, 0.29) is 0 Å². The number of alkyl halides is 3. The van der Waals surface area contributed by atoms with Crippen LogP contribution in [0.4, 0.5) is 13.2 Å². The van der Waals surface area contributed by atoms with Gasteiger partial charge in [-0.1, -0.05) is 49.5 Å². The van der Waals surface area contributed by atoms with Crippen LogP contribution in [0.2, 0.25) is 0 Å². The molecule has 1 aliphatic rings. The van der Waals surface area contributed by atoms with Crippen LogP contribution < -0.4 is 0 Å². The van der Waals surface area contributed by atoms with Crippen molar-refractivity contribution < 1.29 is 13.2 Å². The molecule has 0 unspecified atom stereocenters. The number of hydrogen-bond donors (Lipinski definition) is 0. The predicted octanol–water partition coefficient (Wildman–Crippen LogP) is 6.82. The average molecular weight is 390 g/mol. The second-order valence-corrected chi connectivity index (χ2v) is 7.44. The van der Waals surface area contributed by atoms with E-state index in [2.05, 4.69) is 49.1 Å². The Hall–Kier alpha value is -2.99. The number of fused-ring (bicyclic) bond motifs is 3. The zero-order valence-electron chi connectivity index (χ0n) is 16.2. The first-order valence-electron chi connectivity index (χ1n) is 9.88. The lowest BCUT2D eigenvalue weighted by Gasteiger charge is -2.21. The Morgan fingerprint density at radius 1 is 0.759 bits per heavy atom. The summed E-state index contributed by atoms with van der Waals surface area (Å²) in [6.07, 6.45) is -0.0591. The van der Waals surface area contributed by atoms with Crippen LogP contribution in [0.3, 0.4) is 0 Å². The van der Waals surface area contributed by atoms with E-state index in [1.54, 1.807) is 0 Å². The molecule has 0 nitrogen and oxygen atoms in total. The molecule has 29 heavy (non-hydrogen) atoms. The van der Waals surface area contributed by atoms with Crippen LogP contribution >= 0.6 is 0 Å². The van der Waals surface area contributed by atoms with Gasteiger partial charge in [0.1, 0.15) is 0 Å². The molecule has 1 aliphatic carbocycles. The molecule has 146 valence electrons. The Kier molecular flexibility index (Phi) is 5.20. The minimum atomic E-state index is -4.32. The maximum absolute atomic E-state index is 12.7. The van der Waals surface area contributed by atoms with Crippen LogP contribution in [0.5, 0.6) is 0 Å². The highest BCUT2D eigenvalue weighted by Crippen LogP contribution is 2.34. The lowest BCUT2D eigenvalue weighted by atomic mass is 9.84. The smallest absolute Gasteiger partial charge is 0.166 e. The second kappa shape index (κ2) is 7.79. The highest BCUT2D eigenvalue weighted by Gasteiger charge is 2.29. The number of benzene rings is 3. The van der Waals surface area contributed by atoms with Crippen LogP contribution in [0.1, 0.15) is 46.7 Å². The lowest BCUT2D eigenvalue weighted by Crippen LogP contribution is -2.05. The van der Waals surface area contributed by atoms with E-state index in [9.17, 15) is 13.2 Å². The Bertz CT molecular complexity index is 1090. The van der Waals surface area contributed by atoms with Crippen molar-refractivity contribution in [1.82, 2.24) is 0 Å². The van der Waals surface area contributed by atoms with Gasteiger partial charge in [0.15, 0.2) is 0 Å². The number of hydrogen-bond acceptors (Lipinski definition) is 0. The van der Waals surface area contributed by atoms with Gasteiger partial charge in [-0.15, -0.1) is 0 Å². The van der Waals surface area contributed by atoms with Gasteiger partial charge in [0.05, 0.1) is 5.56 Å². The molecule has 3 aromatic carbocycles. The van der Waals surface area contributed by atoms with Gasteiger partial charge in [-0.25, -0.2) is 0 Å². The van der Waals surface area contributed by atoms with Gasteiger partial charge in [-0.05, 0) is 83.5 Å². The van der Waals surface area contributed by atoms with Crippen LogP contribution in [-0.4, -0.2) is 0 Å². The summed E-state index contributed by atoms with van der Waals surface area (Å²) in [7, 11) is 0. The third-order valence-electron chi connectivity index (χ3n) is 5.33. The molecule has 0 heterocycles. The summed E-state index contributed by atoms with van der Waals surface area (Å²) >= 11 is 0. The topological polar surface area (TPSA) is 0 Å². The van der Waals surface area contributed by atoms with E-state index in [4.69, 9.17) is 0 Å². The highest BCUT2D eigenvalue weighted by molar-refractivity contribution is 5.74. The maximum Gasteiger partial charge on any atom is 0.416 e. The van der Waals surface area contributed by atoms with E-state index in [1.807, 2.05) is 6.07 Å². The van der Waals surface area contributed by atoms with Crippen molar-refractivity contribution in [2.24, 2.45) is 0 Å². The van der Waals surface area contributed by atoms with Crippen LogP contribution in [0.25, 0.3) is 11.1 Å². The molecule has 0 aromatic heterocycles. The normalized spacial score (nSPS) is 12.6. The molecule has 3 heteroatoms. The van der Waals surface area contributed by atoms with Crippen molar-refractivity contribution in [3.63, 3.8) is 0 Å². The molecule has 0 N–H and O–H groups in total. The summed E-state index contributed by atoms with van der Waals surface area (Å²) in [5.74, 6) is 6.06. The Balaban J connectivity index is 1.58. The zero-order chi connectivity index (χ0) is 20.4. The Morgan fingerprint density at radius 3 is 2.00 bits per heavy atom. The van der Waals surface area contributed by atoms with Gasteiger partial charge < -0.3 is 0 Å². The van der Waals surface area contributed by atoms with Crippen molar-refractivity contribution in [1.29, 1.82) is 0 Å². The standard InChI is InChI=1S/C26H21F3/c1-2-3-19-8-14-24-21(16-19)10-11-22-17-20(9-15-25(22)24)5-4-18-6-12-23(13-7-18)26(27,28)29/h6-9,12-17H,2-3,10-11H2,1H3. The third kappa shape index (κ3) is 4.22. The van der Waals surface area contributed by atoms with Crippen LogP contribution in [-0.2, 0) is 25.4 Å². The SMILES string of the molecule is CCCc1ccc2c(c1)CCc1cc(C#Cc3ccc(C(F)(F)F)cc3)ccc1-2. The van der Waals surface area contributed by atoms with E-state index in [0.717, 1.165) is 43.4 Å². The molecule has 0 spiro atoms. The first kappa shape index (κ1) is 19.3. The van der Waals surface area contributed by atoms with E-state index in [1.165, 1.54) is 39.9 Å². The van der Waals surface area contributed by atoms with Crippen molar-refractivity contribution >= 4 is 0 Å². The monoisotopic (exact) mass is 390 g/mol. The van der Waals surface area contributed by atoms with E-state index >= 15 is 0 Å². The van der Waals surface area contributed by atoms with Crippen molar-refractivity contribution in [3.8, 4) is 23.0 Å². The molecule has 0 saturated carbocycles. The molecule has 0 amide bonds. The number of halogens is 3. The third-order valence-corrected chi connectivity index (χ3v) is 5.33. The quantitative estimate of drug-likeness (QED) is 0.421. The largest absolute Gasteiger partial charge is 0.416 e. The molecule has 3 aromatic rings. The summed E-state index contributed by atoms with van der Waals surface area (Å²) < 4.78 is 38.0. The summed E-state index contributed by atoms with van der Waals surface area (Å²) in [5, 5.41) is 0. The average Bonchev–Trinajstić information content (AvgIpc) is 2.71. The maximum atomic E-state index is 12.7. The fourth-order valence-corrected chi connectivity index (χ4v) is 3.86. The summed E-state index contributed by atoms with van der Waals surface area (Å²) in [4.78, 5) is 0. The lowest BCUT2D eigenvalue weighted by molar-refractivity contribution is -0.137.